The van der Waals surface area contributed by atoms with E-state index in [1.54, 1.807) is 24.6 Å². The summed E-state index contributed by atoms with van der Waals surface area (Å²) in [5, 5.41) is 15.2. The lowest BCUT2D eigenvalue weighted by Gasteiger charge is -2.26. The highest BCUT2D eigenvalue weighted by Crippen LogP contribution is 2.33. The molecule has 1 heterocycles. The van der Waals surface area contributed by atoms with Crippen LogP contribution in [0.25, 0.3) is 0 Å². The highest BCUT2D eigenvalue weighted by molar-refractivity contribution is 7.99. The molecule has 1 amide bonds. The van der Waals surface area contributed by atoms with Crippen LogP contribution in [0.5, 0.6) is 0 Å². The van der Waals surface area contributed by atoms with Crippen LogP contribution < -0.4 is 5.32 Å². The van der Waals surface area contributed by atoms with Crippen LogP contribution in [0.3, 0.4) is 0 Å². The van der Waals surface area contributed by atoms with Crippen molar-refractivity contribution < 1.29 is 18.0 Å². The monoisotopic (exact) mass is 427 g/mol. The van der Waals surface area contributed by atoms with E-state index in [1.165, 1.54) is 17.8 Å². The van der Waals surface area contributed by atoms with Gasteiger partial charge >= 0.3 is 6.18 Å². The summed E-state index contributed by atoms with van der Waals surface area (Å²) >= 11 is 1.27. The number of aromatic nitrogens is 4. The molecular weight excluding hydrogens is 403 g/mol. The second kappa shape index (κ2) is 8.73. The maximum absolute atomic E-state index is 13.0. The molecule has 0 bridgehead atoms. The molecule has 0 spiro atoms. The zero-order valence-corrected chi connectivity index (χ0v) is 17.2. The lowest BCUT2D eigenvalue weighted by molar-refractivity contribution is -0.137. The van der Waals surface area contributed by atoms with Crippen LogP contribution >= 0.6 is 11.8 Å². The van der Waals surface area contributed by atoms with Crippen LogP contribution in [0.1, 0.15) is 56.7 Å². The number of nitrogens with zero attached hydrogens (tertiary/aromatic N) is 4. The number of carbonyl (C=O) groups excluding carboxylic acids is 1. The van der Waals surface area contributed by atoms with Crippen molar-refractivity contribution in [3.05, 3.63) is 35.4 Å². The van der Waals surface area contributed by atoms with Gasteiger partial charge in [-0.2, -0.15) is 13.2 Å². The Hall–Kier alpha value is -2.10. The molecular formula is C19H24F3N5OS. The Morgan fingerprint density at radius 1 is 1.24 bits per heavy atom. The lowest BCUT2D eigenvalue weighted by Crippen LogP contribution is -2.37. The number of hydrogen-bond acceptors (Lipinski definition) is 5. The first-order chi connectivity index (χ1) is 13.7. The molecule has 1 fully saturated rings. The molecule has 1 N–H and O–H groups in total. The summed E-state index contributed by atoms with van der Waals surface area (Å²) < 4.78 is 40.7. The summed E-state index contributed by atoms with van der Waals surface area (Å²) in [7, 11) is 0. The largest absolute Gasteiger partial charge is 0.416 e. The number of carbonyl (C=O) groups is 1. The van der Waals surface area contributed by atoms with E-state index in [4.69, 9.17) is 0 Å². The van der Waals surface area contributed by atoms with Gasteiger partial charge in [-0.15, -0.1) is 5.10 Å². The minimum Gasteiger partial charge on any atom is -0.355 e. The molecule has 10 heteroatoms. The topological polar surface area (TPSA) is 72.7 Å². The van der Waals surface area contributed by atoms with Gasteiger partial charge in [-0.25, -0.2) is 4.68 Å². The maximum atomic E-state index is 13.0. The van der Waals surface area contributed by atoms with Crippen LogP contribution in [0.2, 0.25) is 0 Å². The summed E-state index contributed by atoms with van der Waals surface area (Å²) in [5.74, 6) is -0.0674. The Bertz CT molecular complexity index is 846. The molecule has 6 nitrogen and oxygen atoms in total. The third-order valence-electron chi connectivity index (χ3n) is 5.16. The smallest absolute Gasteiger partial charge is 0.355 e. The average Bonchev–Trinajstić information content (AvgIpc) is 3.35. The fourth-order valence-electron chi connectivity index (χ4n) is 3.38. The van der Waals surface area contributed by atoms with Gasteiger partial charge in [-0.1, -0.05) is 56.7 Å². The van der Waals surface area contributed by atoms with Gasteiger partial charge in [0.05, 0.1) is 17.4 Å². The SMILES string of the molecule is CC(C)(CNC(=O)CSc1nnnn1C1CCCC1)c1cccc(C(F)(F)F)c1. The fraction of sp³-hybridized carbons (Fsp3) is 0.579. The Kier molecular flexibility index (Phi) is 6.50. The first kappa shape index (κ1) is 21.6. The number of amides is 1. The van der Waals surface area contributed by atoms with E-state index in [0.717, 1.165) is 37.8 Å². The highest BCUT2D eigenvalue weighted by atomic mass is 32.2. The maximum Gasteiger partial charge on any atom is 0.416 e. The average molecular weight is 427 g/mol. The molecule has 0 atom stereocenters. The minimum atomic E-state index is -4.39. The zero-order chi connectivity index (χ0) is 21.1. The molecule has 0 radical (unpaired) electrons. The number of nitrogens with one attached hydrogen (secondary N) is 1. The molecule has 2 aromatic rings. The van der Waals surface area contributed by atoms with E-state index in [1.807, 2.05) is 0 Å². The van der Waals surface area contributed by atoms with Crippen molar-refractivity contribution in [1.29, 1.82) is 0 Å². The summed E-state index contributed by atoms with van der Waals surface area (Å²) in [4.78, 5) is 12.3. The number of benzene rings is 1. The van der Waals surface area contributed by atoms with Crippen molar-refractivity contribution >= 4 is 17.7 Å². The van der Waals surface area contributed by atoms with Crippen molar-refractivity contribution in [2.24, 2.45) is 0 Å². The van der Waals surface area contributed by atoms with Crippen molar-refractivity contribution in [3.63, 3.8) is 0 Å². The molecule has 0 unspecified atom stereocenters. The predicted octanol–water partition coefficient (Wildman–Crippen LogP) is 3.99. The van der Waals surface area contributed by atoms with Gasteiger partial charge in [0.2, 0.25) is 11.1 Å². The Labute approximate surface area is 171 Å². The van der Waals surface area contributed by atoms with Gasteiger partial charge < -0.3 is 5.32 Å². The van der Waals surface area contributed by atoms with Crippen molar-refractivity contribution in [2.45, 2.75) is 62.3 Å². The van der Waals surface area contributed by atoms with E-state index in [2.05, 4.69) is 20.8 Å². The van der Waals surface area contributed by atoms with Crippen molar-refractivity contribution in [2.75, 3.05) is 12.3 Å². The van der Waals surface area contributed by atoms with E-state index in [0.29, 0.717) is 10.7 Å². The summed E-state index contributed by atoms with van der Waals surface area (Å²) in [6.07, 6.45) is -0.0132. The van der Waals surface area contributed by atoms with Gasteiger partial charge in [0.25, 0.3) is 0 Å². The van der Waals surface area contributed by atoms with Gasteiger partial charge in [0.15, 0.2) is 0 Å². The number of hydrogen-bond donors (Lipinski definition) is 1. The van der Waals surface area contributed by atoms with Gasteiger partial charge in [-0.05, 0) is 34.9 Å². The van der Waals surface area contributed by atoms with Crippen LogP contribution in [0.15, 0.2) is 29.4 Å². The van der Waals surface area contributed by atoms with Gasteiger partial charge in [0.1, 0.15) is 0 Å². The second-order valence-corrected chi connectivity index (χ2v) is 8.81. The predicted molar refractivity (Wildman–Crippen MR) is 104 cm³/mol. The standard InChI is InChI=1S/C19H24F3N5OS/c1-18(2,13-6-5-7-14(10-13)19(20,21)22)12-23-16(28)11-29-17-24-25-26-27(17)15-8-3-4-9-15/h5-7,10,15H,3-4,8-9,11-12H2,1-2H3,(H,23,28). The Morgan fingerprint density at radius 3 is 2.62 bits per heavy atom. The van der Waals surface area contributed by atoms with Gasteiger partial charge in [0, 0.05) is 12.0 Å². The highest BCUT2D eigenvalue weighted by Gasteiger charge is 2.32. The van der Waals surface area contributed by atoms with Crippen LogP contribution in [-0.2, 0) is 16.4 Å². The number of tetrazole rings is 1. The first-order valence-corrected chi connectivity index (χ1v) is 10.5. The summed E-state index contributed by atoms with van der Waals surface area (Å²) in [6, 6.07) is 5.50. The van der Waals surface area contributed by atoms with E-state index < -0.39 is 17.2 Å². The molecule has 1 aromatic heterocycles. The third kappa shape index (κ3) is 5.49. The molecule has 29 heavy (non-hydrogen) atoms. The number of thioether (sulfide) groups is 1. The van der Waals surface area contributed by atoms with Crippen LogP contribution in [0.4, 0.5) is 13.2 Å². The molecule has 0 aliphatic heterocycles. The molecule has 1 aliphatic rings. The number of alkyl halides is 3. The fourth-order valence-corrected chi connectivity index (χ4v) is 4.15. The summed E-state index contributed by atoms with van der Waals surface area (Å²) in [5.41, 5.74) is -0.818. The van der Waals surface area contributed by atoms with Gasteiger partial charge in [-0.3, -0.25) is 4.79 Å². The van der Waals surface area contributed by atoms with Crippen LogP contribution in [0, 0.1) is 0 Å². The zero-order valence-electron chi connectivity index (χ0n) is 16.4. The molecule has 158 valence electrons. The molecule has 1 saturated carbocycles. The Balaban J connectivity index is 1.54. The van der Waals surface area contributed by atoms with E-state index >= 15 is 0 Å². The molecule has 1 aromatic carbocycles. The van der Waals surface area contributed by atoms with E-state index in [9.17, 15) is 18.0 Å². The Morgan fingerprint density at radius 2 is 1.93 bits per heavy atom. The molecule has 3 rings (SSSR count). The van der Waals surface area contributed by atoms with E-state index in [-0.39, 0.29) is 24.2 Å². The molecule has 0 saturated heterocycles. The number of rotatable bonds is 7. The van der Waals surface area contributed by atoms with Crippen LogP contribution in [-0.4, -0.2) is 38.4 Å². The lowest BCUT2D eigenvalue weighted by atomic mass is 9.83. The van der Waals surface area contributed by atoms with Crippen molar-refractivity contribution in [3.8, 4) is 0 Å². The number of halogens is 3. The first-order valence-electron chi connectivity index (χ1n) is 9.52. The normalized spacial score (nSPS) is 15.6. The second-order valence-electron chi connectivity index (χ2n) is 7.87. The summed E-state index contributed by atoms with van der Waals surface area (Å²) in [6.45, 7) is 3.83. The minimum absolute atomic E-state index is 0.145. The third-order valence-corrected chi connectivity index (χ3v) is 6.10. The van der Waals surface area contributed by atoms with Crippen molar-refractivity contribution in [1.82, 2.24) is 25.5 Å². The quantitative estimate of drug-likeness (QED) is 0.677. The molecule has 1 aliphatic carbocycles.